The van der Waals surface area contributed by atoms with Gasteiger partial charge in [0.2, 0.25) is 5.91 Å². The van der Waals surface area contributed by atoms with Gasteiger partial charge in [0.05, 0.1) is 17.0 Å². The summed E-state index contributed by atoms with van der Waals surface area (Å²) in [6.07, 6.45) is 2.46. The largest absolute Gasteiger partial charge is 0.486 e. The number of hydrogen-bond donors (Lipinski definition) is 1. The summed E-state index contributed by atoms with van der Waals surface area (Å²) in [5.41, 5.74) is 0.395. The Hall–Kier alpha value is -3.04. The highest BCUT2D eigenvalue weighted by Gasteiger charge is 2.16. The van der Waals surface area contributed by atoms with E-state index in [9.17, 15) is 14.9 Å². The number of amides is 1. The number of halogens is 1. The normalized spacial score (nSPS) is 10.4. The predicted molar refractivity (Wildman–Crippen MR) is 101 cm³/mol. The summed E-state index contributed by atoms with van der Waals surface area (Å²) in [5, 5.41) is 16.6. The van der Waals surface area contributed by atoms with E-state index in [1.807, 2.05) is 0 Å². The maximum atomic E-state index is 12.1. The van der Waals surface area contributed by atoms with E-state index in [-0.39, 0.29) is 24.4 Å². The van der Waals surface area contributed by atoms with Crippen LogP contribution in [0.1, 0.15) is 10.7 Å². The standard InChI is InChI=1S/C17H13ClN4O4S/c18-11-1-3-13(4-2-11)26-9-17-20-12(10-27-17)7-16(23)21-14-5-6-19-8-15(14)22(24)25/h1-6,8,10H,7,9H2,(H,19,21,23). The molecule has 1 aromatic carbocycles. The summed E-state index contributed by atoms with van der Waals surface area (Å²) in [5.74, 6) is 0.263. The molecule has 0 aliphatic carbocycles. The molecule has 3 aromatic rings. The molecule has 0 unspecified atom stereocenters. The van der Waals surface area contributed by atoms with Gasteiger partial charge in [-0.05, 0) is 30.3 Å². The van der Waals surface area contributed by atoms with Crippen molar-refractivity contribution in [2.45, 2.75) is 13.0 Å². The fraction of sp³-hybridized carbons (Fsp3) is 0.118. The van der Waals surface area contributed by atoms with Gasteiger partial charge in [0.15, 0.2) is 0 Å². The van der Waals surface area contributed by atoms with Gasteiger partial charge in [-0.3, -0.25) is 19.9 Å². The number of rotatable bonds is 7. The number of benzene rings is 1. The minimum atomic E-state index is -0.600. The quantitative estimate of drug-likeness (QED) is 0.473. The van der Waals surface area contributed by atoms with Crippen molar-refractivity contribution in [1.82, 2.24) is 9.97 Å². The van der Waals surface area contributed by atoms with Gasteiger partial charge in [0.25, 0.3) is 0 Å². The lowest BCUT2D eigenvalue weighted by Gasteiger charge is -2.04. The molecule has 10 heteroatoms. The second-order valence-electron chi connectivity index (χ2n) is 5.35. The van der Waals surface area contributed by atoms with Crippen LogP contribution in [-0.2, 0) is 17.8 Å². The number of nitrogens with zero attached hydrogens (tertiary/aromatic N) is 3. The average molecular weight is 405 g/mol. The van der Waals surface area contributed by atoms with Crippen molar-refractivity contribution in [3.63, 3.8) is 0 Å². The van der Waals surface area contributed by atoms with E-state index in [0.717, 1.165) is 6.20 Å². The Morgan fingerprint density at radius 3 is 2.81 bits per heavy atom. The highest BCUT2D eigenvalue weighted by Crippen LogP contribution is 2.22. The Balaban J connectivity index is 1.56. The number of ether oxygens (including phenoxy) is 1. The number of carbonyl (C=O) groups excluding carboxylic acids is 1. The van der Waals surface area contributed by atoms with Crippen molar-refractivity contribution in [3.05, 3.63) is 73.9 Å². The van der Waals surface area contributed by atoms with E-state index in [1.165, 1.54) is 23.6 Å². The molecule has 0 fully saturated rings. The van der Waals surface area contributed by atoms with Crippen molar-refractivity contribution in [1.29, 1.82) is 0 Å². The molecule has 1 amide bonds. The molecule has 0 atom stereocenters. The van der Waals surface area contributed by atoms with Crippen LogP contribution in [0.15, 0.2) is 48.1 Å². The molecule has 27 heavy (non-hydrogen) atoms. The average Bonchev–Trinajstić information content (AvgIpc) is 3.08. The Bertz CT molecular complexity index is 962. The molecule has 0 radical (unpaired) electrons. The minimum absolute atomic E-state index is 0.00305. The van der Waals surface area contributed by atoms with Crippen LogP contribution in [0.4, 0.5) is 11.4 Å². The van der Waals surface area contributed by atoms with Crippen molar-refractivity contribution in [2.75, 3.05) is 5.32 Å². The molecule has 1 N–H and O–H groups in total. The second-order valence-corrected chi connectivity index (χ2v) is 6.73. The molecule has 3 rings (SSSR count). The van der Waals surface area contributed by atoms with Gasteiger partial charge in [0.1, 0.15) is 29.2 Å². The molecule has 2 aromatic heterocycles. The zero-order valence-corrected chi connectivity index (χ0v) is 15.4. The first kappa shape index (κ1) is 18.7. The fourth-order valence-corrected chi connectivity index (χ4v) is 3.00. The van der Waals surface area contributed by atoms with Crippen molar-refractivity contribution in [2.24, 2.45) is 0 Å². The van der Waals surface area contributed by atoms with Gasteiger partial charge >= 0.3 is 5.69 Å². The van der Waals surface area contributed by atoms with Crippen molar-refractivity contribution >= 4 is 40.2 Å². The number of nitro groups is 1. The van der Waals surface area contributed by atoms with Crippen LogP contribution in [0.3, 0.4) is 0 Å². The van der Waals surface area contributed by atoms with E-state index in [1.54, 1.807) is 29.6 Å². The molecule has 0 bridgehead atoms. The van der Waals surface area contributed by atoms with E-state index in [4.69, 9.17) is 16.3 Å². The molecule has 0 aliphatic rings. The zero-order chi connectivity index (χ0) is 19.2. The van der Waals surface area contributed by atoms with Crippen LogP contribution >= 0.6 is 22.9 Å². The number of thiazole rings is 1. The Labute approximate surface area is 163 Å². The van der Waals surface area contributed by atoms with Gasteiger partial charge in [0, 0.05) is 16.6 Å². The number of anilines is 1. The van der Waals surface area contributed by atoms with E-state index < -0.39 is 10.8 Å². The Morgan fingerprint density at radius 1 is 1.30 bits per heavy atom. The third kappa shape index (κ3) is 5.22. The van der Waals surface area contributed by atoms with Gasteiger partial charge in [-0.1, -0.05) is 11.6 Å². The smallest absolute Gasteiger partial charge is 0.310 e. The van der Waals surface area contributed by atoms with E-state index in [2.05, 4.69) is 15.3 Å². The zero-order valence-electron chi connectivity index (χ0n) is 13.8. The molecular formula is C17H13ClN4O4S. The minimum Gasteiger partial charge on any atom is -0.486 e. The van der Waals surface area contributed by atoms with Crippen molar-refractivity contribution in [3.8, 4) is 5.75 Å². The van der Waals surface area contributed by atoms with Crippen LogP contribution in [0.25, 0.3) is 0 Å². The van der Waals surface area contributed by atoms with Crippen LogP contribution < -0.4 is 10.1 Å². The molecule has 0 spiro atoms. The third-order valence-electron chi connectivity index (χ3n) is 3.39. The first-order chi connectivity index (χ1) is 13.0. The number of nitrogens with one attached hydrogen (secondary N) is 1. The Morgan fingerprint density at radius 2 is 2.07 bits per heavy atom. The first-order valence-corrected chi connectivity index (χ1v) is 8.97. The molecule has 138 valence electrons. The number of aromatic nitrogens is 2. The summed E-state index contributed by atoms with van der Waals surface area (Å²) >= 11 is 7.19. The summed E-state index contributed by atoms with van der Waals surface area (Å²) in [4.78, 5) is 30.5. The van der Waals surface area contributed by atoms with Crippen LogP contribution in [-0.4, -0.2) is 20.8 Å². The Kier molecular flexibility index (Phi) is 5.94. The summed E-state index contributed by atoms with van der Waals surface area (Å²) in [7, 11) is 0. The van der Waals surface area contributed by atoms with Crippen LogP contribution in [0.5, 0.6) is 5.75 Å². The maximum absolute atomic E-state index is 12.1. The first-order valence-electron chi connectivity index (χ1n) is 7.71. The van der Waals surface area contributed by atoms with Gasteiger partial charge in [-0.2, -0.15) is 0 Å². The van der Waals surface area contributed by atoms with E-state index in [0.29, 0.717) is 21.5 Å². The molecule has 2 heterocycles. The summed E-state index contributed by atoms with van der Waals surface area (Å²) in [6, 6.07) is 8.35. The number of carbonyl (C=O) groups is 1. The molecule has 0 saturated carbocycles. The monoisotopic (exact) mass is 404 g/mol. The topological polar surface area (TPSA) is 107 Å². The van der Waals surface area contributed by atoms with Crippen LogP contribution in [0, 0.1) is 10.1 Å². The van der Waals surface area contributed by atoms with Gasteiger partial charge < -0.3 is 10.1 Å². The highest BCUT2D eigenvalue weighted by atomic mass is 35.5. The summed E-state index contributed by atoms with van der Waals surface area (Å²) in [6.45, 7) is 0.268. The lowest BCUT2D eigenvalue weighted by atomic mass is 10.3. The summed E-state index contributed by atoms with van der Waals surface area (Å²) < 4.78 is 5.61. The van der Waals surface area contributed by atoms with Gasteiger partial charge in [-0.25, -0.2) is 4.98 Å². The molecule has 0 aliphatic heterocycles. The van der Waals surface area contributed by atoms with Gasteiger partial charge in [-0.15, -0.1) is 11.3 Å². The molecule has 0 saturated heterocycles. The maximum Gasteiger partial charge on any atom is 0.310 e. The van der Waals surface area contributed by atoms with Crippen molar-refractivity contribution < 1.29 is 14.5 Å². The SMILES string of the molecule is O=C(Cc1csc(COc2ccc(Cl)cc2)n1)Nc1ccncc1[N+](=O)[O-]. The number of pyridine rings is 1. The number of hydrogen-bond acceptors (Lipinski definition) is 7. The van der Waals surface area contributed by atoms with E-state index >= 15 is 0 Å². The lowest BCUT2D eigenvalue weighted by molar-refractivity contribution is -0.384. The predicted octanol–water partition coefficient (Wildman–Crippen LogP) is 3.86. The fourth-order valence-electron chi connectivity index (χ4n) is 2.17. The lowest BCUT2D eigenvalue weighted by Crippen LogP contribution is -2.15. The van der Waals surface area contributed by atoms with Crippen LogP contribution in [0.2, 0.25) is 5.02 Å². The molecule has 8 nitrogen and oxygen atoms in total. The third-order valence-corrected chi connectivity index (χ3v) is 4.51. The second kappa shape index (κ2) is 8.56. The molecular weight excluding hydrogens is 392 g/mol. The highest BCUT2D eigenvalue weighted by molar-refractivity contribution is 7.09.